The van der Waals surface area contributed by atoms with Crippen LogP contribution in [0.3, 0.4) is 0 Å². The van der Waals surface area contributed by atoms with Crippen LogP contribution in [0.4, 0.5) is 5.69 Å². The van der Waals surface area contributed by atoms with E-state index >= 15 is 0 Å². The number of anilines is 1. The fraction of sp³-hybridized carbons (Fsp3) is 0.250. The van der Waals surface area contributed by atoms with E-state index in [-0.39, 0.29) is 5.91 Å². The van der Waals surface area contributed by atoms with Crippen LogP contribution in [-0.2, 0) is 4.79 Å². The molecule has 0 radical (unpaired) electrons. The average molecular weight is 265 g/mol. The third-order valence-electron chi connectivity index (χ3n) is 2.46. The highest BCUT2D eigenvalue weighted by molar-refractivity contribution is 6.32. The molecule has 18 heavy (non-hydrogen) atoms. The van der Waals surface area contributed by atoms with Gasteiger partial charge < -0.3 is 5.32 Å². The van der Waals surface area contributed by atoms with Gasteiger partial charge in [0.25, 0.3) is 0 Å². The van der Waals surface area contributed by atoms with Crippen molar-refractivity contribution in [1.82, 2.24) is 14.5 Å². The zero-order valence-corrected chi connectivity index (χ0v) is 10.8. The summed E-state index contributed by atoms with van der Waals surface area (Å²) in [7, 11) is 0. The van der Waals surface area contributed by atoms with Gasteiger partial charge in [-0.15, -0.1) is 11.6 Å². The summed E-state index contributed by atoms with van der Waals surface area (Å²) in [6, 6.07) is 3.53. The monoisotopic (exact) mass is 264 g/mol. The SMILES string of the molecule is Cc1nccn1-c1ncccc1NC(=O)C(C)Cl. The van der Waals surface area contributed by atoms with Crippen molar-refractivity contribution in [2.24, 2.45) is 0 Å². The van der Waals surface area contributed by atoms with Gasteiger partial charge in [-0.25, -0.2) is 9.97 Å². The Morgan fingerprint density at radius 2 is 2.22 bits per heavy atom. The number of nitrogens with one attached hydrogen (secondary N) is 1. The molecule has 1 unspecified atom stereocenters. The van der Waals surface area contributed by atoms with Crippen molar-refractivity contribution < 1.29 is 4.79 Å². The first-order valence-corrected chi connectivity index (χ1v) is 5.93. The molecule has 1 atom stereocenters. The third kappa shape index (κ3) is 2.51. The standard InChI is InChI=1S/C12H13ClN4O/c1-8(13)12(18)16-10-4-3-5-15-11(10)17-7-6-14-9(17)2/h3-8H,1-2H3,(H,16,18). The second-order valence-corrected chi connectivity index (χ2v) is 4.48. The highest BCUT2D eigenvalue weighted by Crippen LogP contribution is 2.18. The lowest BCUT2D eigenvalue weighted by atomic mass is 10.3. The molecule has 0 fully saturated rings. The number of carbonyl (C=O) groups excluding carboxylic acids is 1. The number of amides is 1. The maximum atomic E-state index is 11.6. The number of pyridine rings is 1. The van der Waals surface area contributed by atoms with Crippen molar-refractivity contribution in [1.29, 1.82) is 0 Å². The number of carbonyl (C=O) groups is 1. The molecule has 0 spiro atoms. The van der Waals surface area contributed by atoms with E-state index in [1.54, 1.807) is 42.2 Å². The maximum Gasteiger partial charge on any atom is 0.242 e. The van der Waals surface area contributed by atoms with Crippen LogP contribution in [0.1, 0.15) is 12.7 Å². The first-order valence-electron chi connectivity index (χ1n) is 5.50. The Bertz CT molecular complexity index is 565. The van der Waals surface area contributed by atoms with E-state index in [0.29, 0.717) is 11.5 Å². The lowest BCUT2D eigenvalue weighted by molar-refractivity contribution is -0.115. The summed E-state index contributed by atoms with van der Waals surface area (Å²) in [6.45, 7) is 3.49. The Balaban J connectivity index is 2.38. The lowest BCUT2D eigenvalue weighted by Gasteiger charge is -2.12. The summed E-state index contributed by atoms with van der Waals surface area (Å²) in [5, 5.41) is 2.15. The van der Waals surface area contributed by atoms with Crippen molar-refractivity contribution in [3.8, 4) is 5.82 Å². The van der Waals surface area contributed by atoms with Gasteiger partial charge in [-0.05, 0) is 26.0 Å². The van der Waals surface area contributed by atoms with E-state index in [1.165, 1.54) is 0 Å². The summed E-state index contributed by atoms with van der Waals surface area (Å²) in [6.07, 6.45) is 5.13. The molecule has 0 aromatic carbocycles. The molecule has 5 nitrogen and oxygen atoms in total. The normalized spacial score (nSPS) is 12.2. The van der Waals surface area contributed by atoms with Crippen molar-refractivity contribution in [2.45, 2.75) is 19.2 Å². The third-order valence-corrected chi connectivity index (χ3v) is 2.66. The molecule has 1 amide bonds. The molecule has 0 aliphatic carbocycles. The second-order valence-electron chi connectivity index (χ2n) is 3.82. The number of aryl methyl sites for hydroxylation is 1. The highest BCUT2D eigenvalue weighted by Gasteiger charge is 2.13. The summed E-state index contributed by atoms with van der Waals surface area (Å²) >= 11 is 5.74. The van der Waals surface area contributed by atoms with Crippen molar-refractivity contribution in [2.75, 3.05) is 5.32 Å². The van der Waals surface area contributed by atoms with Crippen LogP contribution in [0.2, 0.25) is 0 Å². The van der Waals surface area contributed by atoms with Crippen molar-refractivity contribution in [3.63, 3.8) is 0 Å². The molecule has 1 N–H and O–H groups in total. The number of nitrogens with zero attached hydrogens (tertiary/aromatic N) is 3. The molecular weight excluding hydrogens is 252 g/mol. The Morgan fingerprint density at radius 3 is 2.83 bits per heavy atom. The average Bonchev–Trinajstić information content (AvgIpc) is 2.76. The molecular formula is C12H13ClN4O. The lowest BCUT2D eigenvalue weighted by Crippen LogP contribution is -2.21. The molecule has 2 rings (SSSR count). The van der Waals surface area contributed by atoms with Gasteiger partial charge in [0.05, 0.1) is 5.69 Å². The predicted molar refractivity (Wildman–Crippen MR) is 70.0 cm³/mol. The van der Waals surface area contributed by atoms with Gasteiger partial charge in [-0.2, -0.15) is 0 Å². The topological polar surface area (TPSA) is 59.8 Å². The number of hydrogen-bond donors (Lipinski definition) is 1. The summed E-state index contributed by atoms with van der Waals surface area (Å²) < 4.78 is 1.80. The minimum absolute atomic E-state index is 0.260. The Kier molecular flexibility index (Phi) is 3.62. The quantitative estimate of drug-likeness (QED) is 0.864. The first kappa shape index (κ1) is 12.6. The Labute approximate surface area is 110 Å². The van der Waals surface area contributed by atoms with Crippen LogP contribution in [0.15, 0.2) is 30.7 Å². The second kappa shape index (κ2) is 5.18. The maximum absolute atomic E-state index is 11.6. The van der Waals surface area contributed by atoms with Crippen molar-refractivity contribution >= 4 is 23.2 Å². The molecule has 0 saturated carbocycles. The Hall–Kier alpha value is -1.88. The first-order chi connectivity index (χ1) is 8.59. The molecule has 94 valence electrons. The van der Waals surface area contributed by atoms with Gasteiger partial charge in [-0.3, -0.25) is 9.36 Å². The van der Waals surface area contributed by atoms with Gasteiger partial charge in [0.1, 0.15) is 11.2 Å². The van der Waals surface area contributed by atoms with E-state index in [4.69, 9.17) is 11.6 Å². The fourth-order valence-electron chi connectivity index (χ4n) is 1.52. The van der Waals surface area contributed by atoms with Gasteiger partial charge >= 0.3 is 0 Å². The minimum Gasteiger partial charge on any atom is -0.322 e. The molecule has 6 heteroatoms. The number of hydrogen-bond acceptors (Lipinski definition) is 3. The van der Waals surface area contributed by atoms with Gasteiger partial charge in [0.15, 0.2) is 5.82 Å². The van der Waals surface area contributed by atoms with E-state index < -0.39 is 5.38 Å². The Morgan fingerprint density at radius 1 is 1.44 bits per heavy atom. The number of aromatic nitrogens is 3. The summed E-state index contributed by atoms with van der Waals surface area (Å²) in [4.78, 5) is 20.0. The molecule has 2 heterocycles. The van der Waals surface area contributed by atoms with Crippen molar-refractivity contribution in [3.05, 3.63) is 36.5 Å². The number of halogens is 1. The molecule has 2 aromatic heterocycles. The van der Waals surface area contributed by atoms with Gasteiger partial charge in [0, 0.05) is 18.6 Å². The van der Waals surface area contributed by atoms with Gasteiger partial charge in [0.2, 0.25) is 5.91 Å². The fourth-order valence-corrected chi connectivity index (χ4v) is 1.58. The van der Waals surface area contributed by atoms with E-state index in [1.807, 2.05) is 6.92 Å². The highest BCUT2D eigenvalue weighted by atomic mass is 35.5. The van der Waals surface area contributed by atoms with Crippen LogP contribution >= 0.6 is 11.6 Å². The molecule has 0 bridgehead atoms. The molecule has 0 saturated heterocycles. The molecule has 2 aromatic rings. The molecule has 0 aliphatic heterocycles. The van der Waals surface area contributed by atoms with Crippen LogP contribution < -0.4 is 5.32 Å². The number of rotatable bonds is 3. The van der Waals surface area contributed by atoms with E-state index in [2.05, 4.69) is 15.3 Å². The largest absolute Gasteiger partial charge is 0.322 e. The van der Waals surface area contributed by atoms with E-state index in [9.17, 15) is 4.79 Å². The smallest absolute Gasteiger partial charge is 0.242 e. The van der Waals surface area contributed by atoms with E-state index in [0.717, 1.165) is 5.82 Å². The molecule has 0 aliphatic rings. The zero-order chi connectivity index (χ0) is 13.1. The predicted octanol–water partition coefficient (Wildman–Crippen LogP) is 2.14. The van der Waals surface area contributed by atoms with Crippen LogP contribution in [0, 0.1) is 6.92 Å². The van der Waals surface area contributed by atoms with Crippen LogP contribution in [-0.4, -0.2) is 25.8 Å². The summed E-state index contributed by atoms with van der Waals surface area (Å²) in [5.41, 5.74) is 0.608. The van der Waals surface area contributed by atoms with Gasteiger partial charge in [-0.1, -0.05) is 0 Å². The number of imidazole rings is 1. The minimum atomic E-state index is -0.595. The number of alkyl halides is 1. The zero-order valence-electron chi connectivity index (χ0n) is 10.1. The summed E-state index contributed by atoms with van der Waals surface area (Å²) in [5.74, 6) is 1.16. The van der Waals surface area contributed by atoms with Crippen LogP contribution in [0.5, 0.6) is 0 Å². The van der Waals surface area contributed by atoms with Crippen LogP contribution in [0.25, 0.3) is 5.82 Å².